The number of hydrogen-bond acceptors (Lipinski definition) is 3. The van der Waals surface area contributed by atoms with Crippen LogP contribution >= 0.6 is 0 Å². The quantitative estimate of drug-likeness (QED) is 0.784. The third-order valence-corrected chi connectivity index (χ3v) is 4.06. The van der Waals surface area contributed by atoms with Crippen LogP contribution in [0.5, 0.6) is 0 Å². The van der Waals surface area contributed by atoms with Crippen LogP contribution in [0.15, 0.2) is 53.5 Å². The Labute approximate surface area is 139 Å². The molecule has 3 rings (SSSR count). The van der Waals surface area contributed by atoms with E-state index in [9.17, 15) is 14.7 Å². The Morgan fingerprint density at radius 3 is 2.54 bits per heavy atom. The van der Waals surface area contributed by atoms with Crippen molar-refractivity contribution >= 4 is 17.0 Å². The highest BCUT2D eigenvalue weighted by molar-refractivity contribution is 5.91. The Balaban J connectivity index is 2.00. The lowest BCUT2D eigenvalue weighted by Gasteiger charge is -2.10. The van der Waals surface area contributed by atoms with Crippen LogP contribution in [-0.2, 0) is 19.4 Å². The normalized spacial score (nSPS) is 10.9. The molecule has 0 unspecified atom stereocenters. The molecule has 0 saturated carbocycles. The molecule has 0 aliphatic carbocycles. The molecule has 0 amide bonds. The van der Waals surface area contributed by atoms with Crippen molar-refractivity contribution in [3.63, 3.8) is 0 Å². The van der Waals surface area contributed by atoms with Gasteiger partial charge in [-0.05, 0) is 37.5 Å². The van der Waals surface area contributed by atoms with Crippen LogP contribution in [0, 0.1) is 0 Å². The maximum atomic E-state index is 12.3. The van der Waals surface area contributed by atoms with Crippen molar-refractivity contribution in [3.8, 4) is 0 Å². The van der Waals surface area contributed by atoms with E-state index in [0.717, 1.165) is 18.5 Å². The highest BCUT2D eigenvalue weighted by atomic mass is 16.4. The molecule has 122 valence electrons. The first-order valence-electron chi connectivity index (χ1n) is 7.90. The number of carboxylic acids is 1. The van der Waals surface area contributed by atoms with Gasteiger partial charge < -0.3 is 9.67 Å². The molecule has 0 saturated heterocycles. The van der Waals surface area contributed by atoms with Crippen molar-refractivity contribution in [2.24, 2.45) is 0 Å². The second-order valence-corrected chi connectivity index (χ2v) is 5.62. The van der Waals surface area contributed by atoms with E-state index in [0.29, 0.717) is 17.6 Å². The maximum Gasteiger partial charge on any atom is 0.341 e. The second kappa shape index (κ2) is 6.66. The van der Waals surface area contributed by atoms with Gasteiger partial charge in [-0.3, -0.25) is 4.79 Å². The van der Waals surface area contributed by atoms with E-state index in [1.165, 1.54) is 11.8 Å². The maximum absolute atomic E-state index is 12.3. The average Bonchev–Trinajstić information content (AvgIpc) is 2.61. The van der Waals surface area contributed by atoms with Gasteiger partial charge in [0.1, 0.15) is 11.2 Å². The van der Waals surface area contributed by atoms with Gasteiger partial charge in [0.2, 0.25) is 5.43 Å². The number of aryl methyl sites for hydroxylation is 3. The number of benzene rings is 1. The van der Waals surface area contributed by atoms with Gasteiger partial charge in [-0.2, -0.15) is 0 Å². The fourth-order valence-corrected chi connectivity index (χ4v) is 2.75. The van der Waals surface area contributed by atoms with Crippen LogP contribution in [0.2, 0.25) is 0 Å². The van der Waals surface area contributed by atoms with Gasteiger partial charge in [0.15, 0.2) is 0 Å². The molecule has 24 heavy (non-hydrogen) atoms. The zero-order valence-electron chi connectivity index (χ0n) is 13.4. The Bertz CT molecular complexity index is 946. The summed E-state index contributed by atoms with van der Waals surface area (Å²) in [5.41, 5.74) is 1.95. The van der Waals surface area contributed by atoms with E-state index in [-0.39, 0.29) is 5.56 Å². The van der Waals surface area contributed by atoms with Gasteiger partial charge in [-0.15, -0.1) is 0 Å². The lowest BCUT2D eigenvalue weighted by Crippen LogP contribution is -2.19. The lowest BCUT2D eigenvalue weighted by molar-refractivity contribution is 0.0695. The largest absolute Gasteiger partial charge is 0.477 e. The van der Waals surface area contributed by atoms with Crippen LogP contribution < -0.4 is 5.43 Å². The minimum absolute atomic E-state index is 0.219. The number of hydrogen-bond donors (Lipinski definition) is 1. The summed E-state index contributed by atoms with van der Waals surface area (Å²) in [5, 5.41) is 9.52. The molecular weight excluding hydrogens is 304 g/mol. The predicted molar refractivity (Wildman–Crippen MR) is 92.5 cm³/mol. The number of nitrogens with zero attached hydrogens (tertiary/aromatic N) is 2. The highest BCUT2D eigenvalue weighted by Crippen LogP contribution is 2.13. The van der Waals surface area contributed by atoms with E-state index >= 15 is 0 Å². The van der Waals surface area contributed by atoms with Crippen molar-refractivity contribution in [2.75, 3.05) is 0 Å². The average molecular weight is 322 g/mol. The fourth-order valence-electron chi connectivity index (χ4n) is 2.75. The molecule has 2 aromatic heterocycles. The van der Waals surface area contributed by atoms with Crippen LogP contribution in [0.3, 0.4) is 0 Å². The lowest BCUT2D eigenvalue weighted by atomic mass is 10.1. The fraction of sp³-hybridized carbons (Fsp3) is 0.211. The topological polar surface area (TPSA) is 72.2 Å². The number of carbonyl (C=O) groups is 1. The summed E-state index contributed by atoms with van der Waals surface area (Å²) in [6, 6.07) is 13.6. The summed E-state index contributed by atoms with van der Waals surface area (Å²) in [6.45, 7) is 2.44. The van der Waals surface area contributed by atoms with Gasteiger partial charge in [0.05, 0.1) is 5.39 Å². The van der Waals surface area contributed by atoms with Gasteiger partial charge >= 0.3 is 5.97 Å². The number of aromatic nitrogens is 2. The van der Waals surface area contributed by atoms with E-state index in [2.05, 4.69) is 17.1 Å². The van der Waals surface area contributed by atoms with E-state index in [4.69, 9.17) is 0 Å². The van der Waals surface area contributed by atoms with Crippen molar-refractivity contribution in [1.82, 2.24) is 9.55 Å². The first kappa shape index (κ1) is 15.9. The monoisotopic (exact) mass is 322 g/mol. The molecular formula is C19H18N2O3. The summed E-state index contributed by atoms with van der Waals surface area (Å²) in [6.07, 6.45) is 3.00. The van der Waals surface area contributed by atoms with Gasteiger partial charge in [0.25, 0.3) is 0 Å². The van der Waals surface area contributed by atoms with Crippen LogP contribution in [-0.4, -0.2) is 20.6 Å². The summed E-state index contributed by atoms with van der Waals surface area (Å²) in [5.74, 6) is -1.21. The highest BCUT2D eigenvalue weighted by Gasteiger charge is 2.15. The molecule has 0 bridgehead atoms. The van der Waals surface area contributed by atoms with E-state index in [1.54, 1.807) is 16.7 Å². The van der Waals surface area contributed by atoms with Gasteiger partial charge in [-0.1, -0.05) is 30.3 Å². The Morgan fingerprint density at radius 2 is 1.88 bits per heavy atom. The molecule has 0 aliphatic rings. The standard InChI is InChI=1S/C19H18N2O3/c1-2-21-12-16(19(23)24)17(22)15-11-10-14(20-18(15)21)9-8-13-6-4-3-5-7-13/h3-7,10-12H,2,8-9H2,1H3,(H,23,24). The third kappa shape index (κ3) is 3.06. The molecule has 0 radical (unpaired) electrons. The molecule has 0 spiro atoms. The van der Waals surface area contributed by atoms with Gasteiger partial charge in [0, 0.05) is 18.4 Å². The summed E-state index contributed by atoms with van der Waals surface area (Å²) in [7, 11) is 0. The molecule has 0 fully saturated rings. The number of fused-ring (bicyclic) bond motifs is 1. The minimum atomic E-state index is -1.21. The van der Waals surface area contributed by atoms with E-state index in [1.807, 2.05) is 25.1 Å². The Kier molecular flexibility index (Phi) is 4.42. The minimum Gasteiger partial charge on any atom is -0.477 e. The SMILES string of the molecule is CCn1cc(C(=O)O)c(=O)c2ccc(CCc3ccccc3)nc21. The molecule has 0 atom stereocenters. The summed E-state index contributed by atoms with van der Waals surface area (Å²) >= 11 is 0. The summed E-state index contributed by atoms with van der Waals surface area (Å²) < 4.78 is 1.71. The smallest absolute Gasteiger partial charge is 0.341 e. The molecule has 2 heterocycles. The first-order valence-corrected chi connectivity index (χ1v) is 7.90. The first-order chi connectivity index (χ1) is 11.6. The van der Waals surface area contributed by atoms with Crippen molar-refractivity contribution in [2.45, 2.75) is 26.3 Å². The number of rotatable bonds is 5. The van der Waals surface area contributed by atoms with Gasteiger partial charge in [-0.25, -0.2) is 9.78 Å². The van der Waals surface area contributed by atoms with Crippen LogP contribution in [0.4, 0.5) is 0 Å². The zero-order valence-corrected chi connectivity index (χ0v) is 13.4. The molecule has 5 heteroatoms. The van der Waals surface area contributed by atoms with Crippen LogP contribution in [0.25, 0.3) is 11.0 Å². The van der Waals surface area contributed by atoms with Crippen LogP contribution in [0.1, 0.15) is 28.5 Å². The second-order valence-electron chi connectivity index (χ2n) is 5.62. The molecule has 1 aromatic carbocycles. The molecule has 5 nitrogen and oxygen atoms in total. The number of carboxylic acid groups (broad SMARTS) is 1. The van der Waals surface area contributed by atoms with Crippen molar-refractivity contribution in [3.05, 3.63) is 75.7 Å². The molecule has 3 aromatic rings. The molecule has 1 N–H and O–H groups in total. The van der Waals surface area contributed by atoms with Crippen molar-refractivity contribution in [1.29, 1.82) is 0 Å². The molecule has 0 aliphatic heterocycles. The van der Waals surface area contributed by atoms with Crippen molar-refractivity contribution < 1.29 is 9.90 Å². The third-order valence-electron chi connectivity index (χ3n) is 4.06. The number of aromatic carboxylic acids is 1. The van der Waals surface area contributed by atoms with E-state index < -0.39 is 11.4 Å². The Hall–Kier alpha value is -2.95. The summed E-state index contributed by atoms with van der Waals surface area (Å²) in [4.78, 5) is 28.1. The Morgan fingerprint density at radius 1 is 1.12 bits per heavy atom. The number of pyridine rings is 2. The zero-order chi connectivity index (χ0) is 17.1. The predicted octanol–water partition coefficient (Wildman–Crippen LogP) is 2.90.